The van der Waals surface area contributed by atoms with E-state index in [4.69, 9.17) is 10.6 Å². The minimum Gasteiger partial charge on any atom is -0.464 e. The van der Waals surface area contributed by atoms with E-state index in [9.17, 15) is 4.79 Å². The van der Waals surface area contributed by atoms with Crippen LogP contribution in [-0.2, 0) is 14.4 Å². The molecule has 0 amide bonds. The van der Waals surface area contributed by atoms with Crippen molar-refractivity contribution in [2.75, 3.05) is 12.8 Å². The van der Waals surface area contributed by atoms with Crippen LogP contribution >= 0.6 is 11.5 Å². The van der Waals surface area contributed by atoms with Crippen molar-refractivity contribution in [1.29, 1.82) is 0 Å². The van der Waals surface area contributed by atoms with Crippen molar-refractivity contribution in [3.05, 3.63) is 5.82 Å². The highest BCUT2D eigenvalue weighted by Gasteiger charge is 2.23. The van der Waals surface area contributed by atoms with Gasteiger partial charge in [-0.25, -0.2) is 4.79 Å². The monoisotopic (exact) mass is 270 g/mol. The van der Waals surface area contributed by atoms with Crippen molar-refractivity contribution in [1.82, 2.24) is 9.36 Å². The van der Waals surface area contributed by atoms with Gasteiger partial charge in [-0.05, 0) is 25.7 Å². The molecule has 0 aliphatic heterocycles. The third-order valence-corrected chi connectivity index (χ3v) is 3.17. The van der Waals surface area contributed by atoms with E-state index < -0.39 is 5.97 Å². The summed E-state index contributed by atoms with van der Waals surface area (Å²) in [5.74, 6) is -0.492. The first-order valence-electron chi connectivity index (χ1n) is 5.62. The van der Waals surface area contributed by atoms with Gasteiger partial charge in [0.2, 0.25) is 11.5 Å². The van der Waals surface area contributed by atoms with Crippen LogP contribution < -0.4 is 5.73 Å². The number of carbonyl (C=O) groups is 1. The average Bonchev–Trinajstić information content (AvgIpc) is 3.01. The largest absolute Gasteiger partial charge is 0.464 e. The van der Waals surface area contributed by atoms with E-state index in [0.29, 0.717) is 0 Å². The molecule has 2 rings (SSSR count). The van der Waals surface area contributed by atoms with E-state index in [1.165, 1.54) is 7.11 Å². The van der Waals surface area contributed by atoms with Crippen LogP contribution in [0.1, 0.15) is 31.5 Å². The van der Waals surface area contributed by atoms with Crippen LogP contribution in [-0.4, -0.2) is 34.3 Å². The fourth-order valence-corrected chi connectivity index (χ4v) is 2.15. The summed E-state index contributed by atoms with van der Waals surface area (Å²) in [4.78, 5) is 20.8. The fourth-order valence-electron chi connectivity index (χ4n) is 1.72. The van der Waals surface area contributed by atoms with Crippen LogP contribution in [0.3, 0.4) is 0 Å². The molecule has 1 fully saturated rings. The summed E-state index contributed by atoms with van der Waals surface area (Å²) in [6.45, 7) is 0. The maximum atomic E-state index is 11.6. The summed E-state index contributed by atoms with van der Waals surface area (Å²) in [6, 6.07) is 0. The molecule has 7 nitrogen and oxygen atoms in total. The van der Waals surface area contributed by atoms with Crippen molar-refractivity contribution in [2.24, 2.45) is 5.16 Å². The summed E-state index contributed by atoms with van der Waals surface area (Å²) >= 11 is 0.991. The van der Waals surface area contributed by atoms with Gasteiger partial charge < -0.3 is 15.3 Å². The second-order valence-corrected chi connectivity index (χ2v) is 4.68. The SMILES string of the molecule is COC(=O)C(=NOC1CCCC1)c1nsc(N)n1. The van der Waals surface area contributed by atoms with Crippen LogP contribution in [0, 0.1) is 0 Å². The molecule has 8 heteroatoms. The molecule has 0 saturated heterocycles. The highest BCUT2D eigenvalue weighted by Crippen LogP contribution is 2.21. The highest BCUT2D eigenvalue weighted by molar-refractivity contribution is 7.09. The second-order valence-electron chi connectivity index (χ2n) is 3.90. The number of hydrogen-bond donors (Lipinski definition) is 1. The molecule has 0 radical (unpaired) electrons. The first kappa shape index (κ1) is 12.7. The van der Waals surface area contributed by atoms with Gasteiger partial charge in [0.05, 0.1) is 7.11 Å². The molecule has 0 aromatic carbocycles. The number of rotatable bonds is 4. The molecule has 98 valence electrons. The first-order valence-corrected chi connectivity index (χ1v) is 6.39. The number of nitrogens with two attached hydrogens (primary N) is 1. The van der Waals surface area contributed by atoms with Crippen LogP contribution in [0.5, 0.6) is 0 Å². The molecule has 0 atom stereocenters. The van der Waals surface area contributed by atoms with Crippen LogP contribution in [0.25, 0.3) is 0 Å². The smallest absolute Gasteiger partial charge is 0.364 e. The van der Waals surface area contributed by atoms with Crippen molar-refractivity contribution >= 4 is 28.3 Å². The van der Waals surface area contributed by atoms with E-state index in [0.717, 1.165) is 37.2 Å². The molecule has 0 spiro atoms. The Balaban J connectivity index is 2.13. The Morgan fingerprint density at radius 3 is 2.78 bits per heavy atom. The Morgan fingerprint density at radius 1 is 1.50 bits per heavy atom. The van der Waals surface area contributed by atoms with Gasteiger partial charge in [-0.15, -0.1) is 0 Å². The molecule has 1 aromatic rings. The van der Waals surface area contributed by atoms with Crippen molar-refractivity contribution in [2.45, 2.75) is 31.8 Å². The highest BCUT2D eigenvalue weighted by atomic mass is 32.1. The van der Waals surface area contributed by atoms with Crippen LogP contribution in [0.15, 0.2) is 5.16 Å². The maximum Gasteiger partial charge on any atom is 0.364 e. The Morgan fingerprint density at radius 2 is 2.22 bits per heavy atom. The maximum absolute atomic E-state index is 11.6. The summed E-state index contributed by atoms with van der Waals surface area (Å²) in [5.41, 5.74) is 5.43. The Labute approximate surface area is 108 Å². The summed E-state index contributed by atoms with van der Waals surface area (Å²) < 4.78 is 8.55. The lowest BCUT2D eigenvalue weighted by Gasteiger charge is -2.07. The minimum absolute atomic E-state index is 0.0441. The molecule has 1 aliphatic rings. The van der Waals surface area contributed by atoms with Gasteiger partial charge in [-0.3, -0.25) is 0 Å². The topological polar surface area (TPSA) is 99.7 Å². The zero-order valence-electron chi connectivity index (χ0n) is 9.96. The second kappa shape index (κ2) is 5.76. The number of nitrogen functional groups attached to an aromatic ring is 1. The van der Waals surface area contributed by atoms with Gasteiger partial charge in [0.1, 0.15) is 6.10 Å². The molecule has 1 heterocycles. The van der Waals surface area contributed by atoms with Gasteiger partial charge in [0.15, 0.2) is 5.13 Å². The molecule has 1 aliphatic carbocycles. The van der Waals surface area contributed by atoms with Gasteiger partial charge in [-0.1, -0.05) is 5.16 Å². The third kappa shape index (κ3) is 2.95. The first-order chi connectivity index (χ1) is 8.70. The summed E-state index contributed by atoms with van der Waals surface area (Å²) in [6.07, 6.45) is 4.20. The van der Waals surface area contributed by atoms with Crippen LogP contribution in [0.4, 0.5) is 5.13 Å². The van der Waals surface area contributed by atoms with Gasteiger partial charge in [0, 0.05) is 11.5 Å². The molecule has 2 N–H and O–H groups in total. The number of aromatic nitrogens is 2. The number of hydrogen-bond acceptors (Lipinski definition) is 8. The lowest BCUT2D eigenvalue weighted by atomic mass is 10.3. The lowest BCUT2D eigenvalue weighted by Crippen LogP contribution is -2.20. The Hall–Kier alpha value is -1.70. The number of anilines is 1. The predicted molar refractivity (Wildman–Crippen MR) is 66.2 cm³/mol. The van der Waals surface area contributed by atoms with Crippen molar-refractivity contribution < 1.29 is 14.4 Å². The van der Waals surface area contributed by atoms with Gasteiger partial charge >= 0.3 is 5.97 Å². The minimum atomic E-state index is -0.634. The van der Waals surface area contributed by atoms with E-state index in [1.54, 1.807) is 0 Å². The number of carbonyl (C=O) groups excluding carboxylic acids is 1. The molecule has 18 heavy (non-hydrogen) atoms. The normalized spacial score (nSPS) is 16.8. The van der Waals surface area contributed by atoms with Crippen LogP contribution in [0.2, 0.25) is 0 Å². The molecule has 0 unspecified atom stereocenters. The molecule has 0 bridgehead atoms. The number of esters is 1. The van der Waals surface area contributed by atoms with Gasteiger partial charge in [-0.2, -0.15) is 9.36 Å². The fraction of sp³-hybridized carbons (Fsp3) is 0.600. The predicted octanol–water partition coefficient (Wildman–Crippen LogP) is 0.957. The molecular weight excluding hydrogens is 256 g/mol. The number of oxime groups is 1. The Kier molecular flexibility index (Phi) is 4.08. The average molecular weight is 270 g/mol. The Bertz CT molecular complexity index is 454. The van der Waals surface area contributed by atoms with E-state index in [-0.39, 0.29) is 22.8 Å². The molecular formula is C10H14N4O3S. The summed E-state index contributed by atoms with van der Waals surface area (Å²) in [5, 5.41) is 4.09. The quantitative estimate of drug-likeness (QED) is 0.497. The number of nitrogens with zero attached hydrogens (tertiary/aromatic N) is 3. The van der Waals surface area contributed by atoms with Crippen molar-refractivity contribution in [3.63, 3.8) is 0 Å². The van der Waals surface area contributed by atoms with Crippen molar-refractivity contribution in [3.8, 4) is 0 Å². The van der Waals surface area contributed by atoms with E-state index in [2.05, 4.69) is 19.3 Å². The lowest BCUT2D eigenvalue weighted by molar-refractivity contribution is -0.132. The molecule has 1 aromatic heterocycles. The zero-order chi connectivity index (χ0) is 13.0. The number of ether oxygens (including phenoxy) is 1. The standard InChI is InChI=1S/C10H14N4O3S/c1-16-9(15)7(8-12-10(11)18-14-8)13-17-6-4-2-3-5-6/h6H,2-5H2,1H3,(H2,11,12,14). The zero-order valence-corrected chi connectivity index (χ0v) is 10.8. The molecule has 1 saturated carbocycles. The van der Waals surface area contributed by atoms with Gasteiger partial charge in [0.25, 0.3) is 0 Å². The summed E-state index contributed by atoms with van der Waals surface area (Å²) in [7, 11) is 1.27. The van der Waals surface area contributed by atoms with E-state index >= 15 is 0 Å². The number of methoxy groups -OCH3 is 1. The van der Waals surface area contributed by atoms with E-state index in [1.807, 2.05) is 0 Å². The third-order valence-electron chi connectivity index (χ3n) is 2.63.